The van der Waals surface area contributed by atoms with E-state index in [0.717, 1.165) is 22.3 Å². The van der Waals surface area contributed by atoms with Crippen LogP contribution < -0.4 is 0 Å². The van der Waals surface area contributed by atoms with Crippen LogP contribution in [0.3, 0.4) is 0 Å². The van der Waals surface area contributed by atoms with Gasteiger partial charge in [0.1, 0.15) is 11.3 Å². The predicted molar refractivity (Wildman–Crippen MR) is 149 cm³/mol. The maximum absolute atomic E-state index is 13.5. The van der Waals surface area contributed by atoms with Crippen LogP contribution in [0.5, 0.6) is 0 Å². The molecule has 194 valence electrons. The van der Waals surface area contributed by atoms with E-state index in [1.165, 1.54) is 0 Å². The Balaban J connectivity index is 1.64. The summed E-state index contributed by atoms with van der Waals surface area (Å²) in [5.74, 6) is -1.53. The highest BCUT2D eigenvalue weighted by atomic mass is 16.3. The number of benzene rings is 2. The van der Waals surface area contributed by atoms with Gasteiger partial charge in [0.05, 0.1) is 17.3 Å². The van der Waals surface area contributed by atoms with Crippen molar-refractivity contribution >= 4 is 23.1 Å². The van der Waals surface area contributed by atoms with E-state index in [1.807, 2.05) is 91.2 Å². The number of hydrogen-bond acceptors (Lipinski definition) is 4. The van der Waals surface area contributed by atoms with Crippen LogP contribution >= 0.6 is 0 Å². The Kier molecular flexibility index (Phi) is 6.43. The SMILES string of the molecule is Cc1cccn2c(C)c(/C(O)=C3\C(=O)C(=O)N(CCc4ccccc4)C3c3ccc(C(C)(C)C)cc3)nc12. The summed E-state index contributed by atoms with van der Waals surface area (Å²) in [4.78, 5) is 33.2. The lowest BCUT2D eigenvalue weighted by molar-refractivity contribution is -0.139. The Morgan fingerprint density at radius 3 is 2.26 bits per heavy atom. The first-order chi connectivity index (χ1) is 18.1. The Labute approximate surface area is 223 Å². The van der Waals surface area contributed by atoms with Gasteiger partial charge in [0, 0.05) is 12.7 Å². The zero-order chi connectivity index (χ0) is 27.2. The molecular weight excluding hydrogens is 474 g/mol. The number of fused-ring (bicyclic) bond motifs is 1. The van der Waals surface area contributed by atoms with Crippen molar-refractivity contribution in [3.05, 3.63) is 112 Å². The van der Waals surface area contributed by atoms with Gasteiger partial charge >= 0.3 is 0 Å². The van der Waals surface area contributed by atoms with Crippen LogP contribution in [-0.4, -0.2) is 37.6 Å². The van der Waals surface area contributed by atoms with Gasteiger partial charge in [-0.05, 0) is 54.0 Å². The smallest absolute Gasteiger partial charge is 0.295 e. The first-order valence-electron chi connectivity index (χ1n) is 13.0. The largest absolute Gasteiger partial charge is 0.505 e. The van der Waals surface area contributed by atoms with Crippen molar-refractivity contribution < 1.29 is 14.7 Å². The number of carbonyl (C=O) groups excluding carboxylic acids is 2. The van der Waals surface area contributed by atoms with Gasteiger partial charge in [-0.15, -0.1) is 0 Å². The Morgan fingerprint density at radius 2 is 1.63 bits per heavy atom. The summed E-state index contributed by atoms with van der Waals surface area (Å²) in [6, 6.07) is 21.0. The number of aromatic nitrogens is 2. The van der Waals surface area contributed by atoms with E-state index in [4.69, 9.17) is 0 Å². The predicted octanol–water partition coefficient (Wildman–Crippen LogP) is 5.91. The molecule has 1 fully saturated rings. The zero-order valence-corrected chi connectivity index (χ0v) is 22.5. The minimum absolute atomic E-state index is 0.0425. The number of amides is 1. The van der Waals surface area contributed by atoms with Gasteiger partial charge in [-0.2, -0.15) is 0 Å². The molecule has 2 aromatic carbocycles. The number of nitrogens with zero attached hydrogens (tertiary/aromatic N) is 3. The number of aliphatic hydroxyl groups excluding tert-OH is 1. The number of ketones is 1. The van der Waals surface area contributed by atoms with Gasteiger partial charge in [-0.3, -0.25) is 9.59 Å². The molecule has 0 saturated carbocycles. The molecule has 1 aliphatic heterocycles. The summed E-state index contributed by atoms with van der Waals surface area (Å²) >= 11 is 0. The lowest BCUT2D eigenvalue weighted by Gasteiger charge is -2.26. The third kappa shape index (κ3) is 4.40. The molecule has 0 spiro atoms. The number of Topliss-reactive ketones (excluding diaryl/α,β-unsaturated/α-hetero) is 1. The Morgan fingerprint density at radius 1 is 0.947 bits per heavy atom. The van der Waals surface area contributed by atoms with Crippen LogP contribution in [0.15, 0.2) is 78.5 Å². The summed E-state index contributed by atoms with van der Waals surface area (Å²) in [6.07, 6.45) is 2.47. The molecule has 3 heterocycles. The molecule has 0 aliphatic carbocycles. The average molecular weight is 508 g/mol. The first-order valence-corrected chi connectivity index (χ1v) is 13.0. The van der Waals surface area contributed by atoms with E-state index in [-0.39, 0.29) is 16.7 Å². The minimum atomic E-state index is -0.710. The van der Waals surface area contributed by atoms with Crippen LogP contribution in [0.25, 0.3) is 11.4 Å². The van der Waals surface area contributed by atoms with Crippen LogP contribution in [0.4, 0.5) is 0 Å². The monoisotopic (exact) mass is 507 g/mol. The van der Waals surface area contributed by atoms with Crippen LogP contribution in [0.2, 0.25) is 0 Å². The Bertz CT molecular complexity index is 1560. The van der Waals surface area contributed by atoms with Gasteiger partial charge in [-0.1, -0.05) is 81.4 Å². The fourth-order valence-corrected chi connectivity index (χ4v) is 5.19. The number of hydrogen-bond donors (Lipinski definition) is 1. The number of aryl methyl sites for hydroxylation is 2. The lowest BCUT2D eigenvalue weighted by Crippen LogP contribution is -2.31. The summed E-state index contributed by atoms with van der Waals surface area (Å²) < 4.78 is 1.89. The third-order valence-corrected chi connectivity index (χ3v) is 7.42. The molecule has 1 atom stereocenters. The lowest BCUT2D eigenvalue weighted by atomic mass is 9.85. The summed E-state index contributed by atoms with van der Waals surface area (Å²) in [6.45, 7) is 10.6. The second-order valence-electron chi connectivity index (χ2n) is 11.0. The molecule has 6 nitrogen and oxygen atoms in total. The van der Waals surface area contributed by atoms with Crippen molar-refractivity contribution in [1.29, 1.82) is 0 Å². The molecule has 6 heteroatoms. The molecule has 5 rings (SSSR count). The van der Waals surface area contributed by atoms with Crippen molar-refractivity contribution in [2.24, 2.45) is 0 Å². The van der Waals surface area contributed by atoms with Gasteiger partial charge in [0.2, 0.25) is 0 Å². The van der Waals surface area contributed by atoms with Crippen molar-refractivity contribution in [3.63, 3.8) is 0 Å². The fraction of sp³-hybridized carbons (Fsp3) is 0.281. The van der Waals surface area contributed by atoms with Crippen molar-refractivity contribution in [2.75, 3.05) is 6.54 Å². The van der Waals surface area contributed by atoms with Crippen LogP contribution in [-0.2, 0) is 21.4 Å². The minimum Gasteiger partial charge on any atom is -0.505 e. The molecule has 1 amide bonds. The van der Waals surface area contributed by atoms with Crippen LogP contribution in [0.1, 0.15) is 60.5 Å². The summed E-state index contributed by atoms with van der Waals surface area (Å²) in [7, 11) is 0. The molecule has 0 bridgehead atoms. The van der Waals surface area contributed by atoms with Gasteiger partial charge in [0.15, 0.2) is 5.76 Å². The highest BCUT2D eigenvalue weighted by molar-refractivity contribution is 6.46. The number of likely N-dealkylation sites (tertiary alicyclic amines) is 1. The molecule has 1 saturated heterocycles. The second kappa shape index (κ2) is 9.60. The molecule has 2 aromatic heterocycles. The van der Waals surface area contributed by atoms with Crippen molar-refractivity contribution in [2.45, 2.75) is 52.5 Å². The second-order valence-corrected chi connectivity index (χ2v) is 11.0. The third-order valence-electron chi connectivity index (χ3n) is 7.42. The number of imidazole rings is 1. The zero-order valence-electron chi connectivity index (χ0n) is 22.5. The highest BCUT2D eigenvalue weighted by Crippen LogP contribution is 2.40. The summed E-state index contributed by atoms with van der Waals surface area (Å²) in [5.41, 5.74) is 5.72. The molecule has 1 N–H and O–H groups in total. The normalized spacial score (nSPS) is 17.5. The van der Waals surface area contributed by atoms with Gasteiger partial charge in [-0.25, -0.2) is 4.98 Å². The van der Waals surface area contributed by atoms with E-state index >= 15 is 0 Å². The quantitative estimate of drug-likeness (QED) is 0.207. The topological polar surface area (TPSA) is 74.9 Å². The number of carbonyl (C=O) groups is 2. The molecule has 38 heavy (non-hydrogen) atoms. The molecule has 4 aromatic rings. The van der Waals surface area contributed by atoms with E-state index in [0.29, 0.717) is 30.0 Å². The maximum Gasteiger partial charge on any atom is 0.295 e. The standard InChI is InChI=1S/C32H33N3O3/c1-20-10-9-18-34-21(2)26(33-30(20)34)28(36)25-27(23-13-15-24(16-14-23)32(3,4)5)35(31(38)29(25)37)19-17-22-11-7-6-8-12-22/h6-16,18,27,36H,17,19H2,1-5H3/b28-25+. The average Bonchev–Trinajstić information content (AvgIpc) is 3.37. The molecule has 1 aliphatic rings. The van der Waals surface area contributed by atoms with E-state index in [9.17, 15) is 14.7 Å². The molecule has 1 unspecified atom stereocenters. The number of pyridine rings is 1. The molecular formula is C32H33N3O3. The number of aliphatic hydroxyl groups is 1. The van der Waals surface area contributed by atoms with Crippen molar-refractivity contribution in [3.8, 4) is 0 Å². The highest BCUT2D eigenvalue weighted by Gasteiger charge is 2.46. The number of rotatable bonds is 5. The van der Waals surface area contributed by atoms with E-state index in [2.05, 4.69) is 25.8 Å². The van der Waals surface area contributed by atoms with Gasteiger partial charge < -0.3 is 14.4 Å². The maximum atomic E-state index is 13.5. The summed E-state index contributed by atoms with van der Waals surface area (Å²) in [5, 5.41) is 11.6. The van der Waals surface area contributed by atoms with Gasteiger partial charge in [0.25, 0.3) is 11.7 Å². The van der Waals surface area contributed by atoms with E-state index < -0.39 is 17.7 Å². The fourth-order valence-electron chi connectivity index (χ4n) is 5.19. The first kappa shape index (κ1) is 25.5. The van der Waals surface area contributed by atoms with E-state index in [1.54, 1.807) is 4.90 Å². The molecule has 0 radical (unpaired) electrons. The van der Waals surface area contributed by atoms with Crippen LogP contribution in [0, 0.1) is 13.8 Å². The van der Waals surface area contributed by atoms with Crippen molar-refractivity contribution in [1.82, 2.24) is 14.3 Å². The Hall–Kier alpha value is -4.19.